The zero-order valence-corrected chi connectivity index (χ0v) is 16.3. The molecule has 2 nitrogen and oxygen atoms in total. The van der Waals surface area contributed by atoms with Crippen molar-refractivity contribution in [2.24, 2.45) is 11.8 Å². The lowest BCUT2D eigenvalue weighted by Gasteiger charge is -2.32. The molecule has 0 aliphatic heterocycles. The monoisotopic (exact) mass is 344 g/mol. The molecule has 120 valence electrons. The molecule has 0 N–H and O–H groups in total. The Bertz CT molecular complexity index is 424. The average Bonchev–Trinajstić information content (AvgIpc) is 2.53. The minimum Gasteiger partial charge on any atom is -0.394 e. The van der Waals surface area contributed by atoms with Crippen LogP contribution in [0.4, 0.5) is 0 Å². The summed E-state index contributed by atoms with van der Waals surface area (Å²) in [6.07, 6.45) is 1.01. The molecule has 0 aliphatic carbocycles. The molecule has 1 aromatic rings. The van der Waals surface area contributed by atoms with Crippen LogP contribution in [0.2, 0.25) is 6.04 Å². The van der Waals surface area contributed by atoms with Gasteiger partial charge in [0.25, 0.3) is 0 Å². The lowest BCUT2D eigenvalue weighted by molar-refractivity contribution is 0.252. The van der Waals surface area contributed by atoms with Crippen LogP contribution in [0, 0.1) is 11.8 Å². The fraction of sp³-hybridized carbons (Fsp3) is 0.625. The van der Waals surface area contributed by atoms with Crippen LogP contribution in [0.3, 0.4) is 0 Å². The number of hydrogen-bond acceptors (Lipinski definition) is 4. The minimum absolute atomic E-state index is 0.468. The average molecular weight is 345 g/mol. The Hall–Kier alpha value is 0.0569. The number of thiol groups is 2. The number of benzene rings is 1. The van der Waals surface area contributed by atoms with Crippen molar-refractivity contribution >= 4 is 39.0 Å². The first-order chi connectivity index (χ1) is 10.0. The van der Waals surface area contributed by atoms with E-state index in [1.807, 2.05) is 0 Å². The molecule has 0 bridgehead atoms. The van der Waals surface area contributed by atoms with Crippen LogP contribution in [-0.2, 0) is 15.3 Å². The van der Waals surface area contributed by atoms with Crippen LogP contribution in [0.5, 0.6) is 0 Å². The van der Waals surface area contributed by atoms with E-state index in [9.17, 15) is 0 Å². The van der Waals surface area contributed by atoms with E-state index in [1.54, 1.807) is 14.2 Å². The molecule has 0 saturated carbocycles. The predicted octanol–water partition coefficient (Wildman–Crippen LogP) is 3.30. The fourth-order valence-electron chi connectivity index (χ4n) is 2.61. The van der Waals surface area contributed by atoms with Gasteiger partial charge in [-0.05, 0) is 46.6 Å². The van der Waals surface area contributed by atoms with Gasteiger partial charge < -0.3 is 8.85 Å². The van der Waals surface area contributed by atoms with Gasteiger partial charge in [0.15, 0.2) is 0 Å². The molecule has 0 aromatic heterocycles. The van der Waals surface area contributed by atoms with Crippen LogP contribution in [-0.4, -0.2) is 34.3 Å². The van der Waals surface area contributed by atoms with E-state index in [0.717, 1.165) is 24.0 Å². The van der Waals surface area contributed by atoms with Crippen molar-refractivity contribution < 1.29 is 8.85 Å². The van der Waals surface area contributed by atoms with E-state index in [0.29, 0.717) is 11.8 Å². The highest BCUT2D eigenvalue weighted by Gasteiger charge is 2.41. The van der Waals surface area contributed by atoms with Crippen LogP contribution in [0.1, 0.15) is 19.4 Å². The topological polar surface area (TPSA) is 18.5 Å². The minimum atomic E-state index is -2.40. The van der Waals surface area contributed by atoms with E-state index in [2.05, 4.69) is 63.4 Å². The molecule has 2 unspecified atom stereocenters. The van der Waals surface area contributed by atoms with E-state index in [1.165, 1.54) is 10.8 Å². The quantitative estimate of drug-likeness (QED) is 0.529. The summed E-state index contributed by atoms with van der Waals surface area (Å²) in [5, 5.41) is 1.26. The molecule has 1 aromatic carbocycles. The van der Waals surface area contributed by atoms with Gasteiger partial charge in [0.2, 0.25) is 0 Å². The Balaban J connectivity index is 3.18. The Morgan fingerprint density at radius 1 is 1.00 bits per heavy atom. The van der Waals surface area contributed by atoms with E-state index in [4.69, 9.17) is 8.85 Å². The van der Waals surface area contributed by atoms with Gasteiger partial charge in [0, 0.05) is 14.2 Å². The van der Waals surface area contributed by atoms with Crippen molar-refractivity contribution in [3.8, 4) is 0 Å². The van der Waals surface area contributed by atoms with Gasteiger partial charge in [0.1, 0.15) is 0 Å². The Kier molecular flexibility index (Phi) is 8.42. The van der Waals surface area contributed by atoms with E-state index in [-0.39, 0.29) is 0 Å². The second kappa shape index (κ2) is 9.25. The molecule has 0 saturated heterocycles. The van der Waals surface area contributed by atoms with E-state index >= 15 is 0 Å². The van der Waals surface area contributed by atoms with Crippen molar-refractivity contribution in [2.45, 2.75) is 26.3 Å². The van der Waals surface area contributed by atoms with Crippen LogP contribution in [0.15, 0.2) is 24.3 Å². The largest absolute Gasteiger partial charge is 0.394 e. The van der Waals surface area contributed by atoms with Gasteiger partial charge in [-0.3, -0.25) is 0 Å². The number of hydrogen-bond donors (Lipinski definition) is 2. The summed E-state index contributed by atoms with van der Waals surface area (Å²) < 4.78 is 11.9. The summed E-state index contributed by atoms with van der Waals surface area (Å²) in [7, 11) is 1.15. The van der Waals surface area contributed by atoms with Gasteiger partial charge in [-0.1, -0.05) is 38.1 Å². The van der Waals surface area contributed by atoms with Gasteiger partial charge in [-0.25, -0.2) is 0 Å². The summed E-state index contributed by atoms with van der Waals surface area (Å²) in [6.45, 7) is 4.43. The smallest absolute Gasteiger partial charge is 0.372 e. The first-order valence-electron chi connectivity index (χ1n) is 7.43. The Morgan fingerprint density at radius 2 is 1.57 bits per heavy atom. The third-order valence-electron chi connectivity index (χ3n) is 3.90. The third kappa shape index (κ3) is 5.03. The van der Waals surface area contributed by atoms with Gasteiger partial charge >= 0.3 is 8.56 Å². The summed E-state index contributed by atoms with van der Waals surface area (Å²) in [5.74, 6) is 2.74. The molecule has 0 fully saturated rings. The molecule has 0 aliphatic rings. The summed E-state index contributed by atoms with van der Waals surface area (Å²) in [4.78, 5) is 0. The van der Waals surface area contributed by atoms with Gasteiger partial charge in [-0.2, -0.15) is 25.3 Å². The molecule has 5 heteroatoms. The normalized spacial score (nSPS) is 15.0. The van der Waals surface area contributed by atoms with Crippen molar-refractivity contribution in [3.63, 3.8) is 0 Å². The molecule has 1 rings (SSSR count). The van der Waals surface area contributed by atoms with Crippen molar-refractivity contribution in [1.29, 1.82) is 0 Å². The van der Waals surface area contributed by atoms with Gasteiger partial charge in [-0.15, -0.1) is 0 Å². The molecule has 0 radical (unpaired) electrons. The summed E-state index contributed by atoms with van der Waals surface area (Å²) in [6, 6.07) is 9.47. The maximum Gasteiger partial charge on any atom is 0.372 e. The third-order valence-corrected chi connectivity index (χ3v) is 9.00. The summed E-state index contributed by atoms with van der Waals surface area (Å²) in [5.41, 5.74) is 1.33. The van der Waals surface area contributed by atoms with Gasteiger partial charge in [0.05, 0.1) is 0 Å². The summed E-state index contributed by atoms with van der Waals surface area (Å²) >= 11 is 8.82. The zero-order valence-electron chi connectivity index (χ0n) is 13.5. The first-order valence-corrected chi connectivity index (χ1v) is 10.7. The lowest BCUT2D eigenvalue weighted by Crippen LogP contribution is -2.55. The van der Waals surface area contributed by atoms with Crippen molar-refractivity contribution in [1.82, 2.24) is 0 Å². The predicted molar refractivity (Wildman–Crippen MR) is 100 cm³/mol. The van der Waals surface area contributed by atoms with Crippen molar-refractivity contribution in [2.75, 3.05) is 25.7 Å². The number of rotatable bonds is 9. The molecule has 0 heterocycles. The maximum absolute atomic E-state index is 5.97. The van der Waals surface area contributed by atoms with Crippen LogP contribution >= 0.6 is 25.3 Å². The SMILES string of the molecule is CO[Si](CC(C)CS)(OC)c1ccccc1CC(C)CS. The molecule has 0 amide bonds. The van der Waals surface area contributed by atoms with Crippen LogP contribution < -0.4 is 5.19 Å². The fourth-order valence-corrected chi connectivity index (χ4v) is 6.36. The van der Waals surface area contributed by atoms with Crippen LogP contribution in [0.25, 0.3) is 0 Å². The lowest BCUT2D eigenvalue weighted by atomic mass is 10.0. The van der Waals surface area contributed by atoms with E-state index < -0.39 is 8.56 Å². The highest BCUT2D eigenvalue weighted by molar-refractivity contribution is 7.80. The molecule has 21 heavy (non-hydrogen) atoms. The van der Waals surface area contributed by atoms with Crippen molar-refractivity contribution in [3.05, 3.63) is 29.8 Å². The highest BCUT2D eigenvalue weighted by atomic mass is 32.1. The maximum atomic E-state index is 5.97. The standard InChI is InChI=1S/C16H28O2S2Si/c1-13(10-19)9-15-7-5-6-8-16(15)21(17-3,18-4)12-14(2)11-20/h5-8,13-14,19-20H,9-12H2,1-4H3. The second-order valence-corrected chi connectivity index (χ2v) is 9.80. The first kappa shape index (κ1) is 19.1. The Labute approximate surface area is 141 Å². The highest BCUT2D eigenvalue weighted by Crippen LogP contribution is 2.22. The molecule has 0 spiro atoms. The molecule has 2 atom stereocenters. The molecular weight excluding hydrogens is 316 g/mol. The second-order valence-electron chi connectivity index (χ2n) is 5.80. The zero-order chi connectivity index (χ0) is 15.9. The molecular formula is C16H28O2S2Si. The Morgan fingerprint density at radius 3 is 2.10 bits per heavy atom.